The topological polar surface area (TPSA) is 41.3 Å². The molecular formula is C8H8ClN3S2. The molecule has 1 aliphatic rings. The van der Waals surface area contributed by atoms with E-state index in [4.69, 9.17) is 29.6 Å². The van der Waals surface area contributed by atoms with Crippen LogP contribution in [0, 0.1) is 0 Å². The number of nitrogens with zero attached hydrogens (tertiary/aromatic N) is 1. The zero-order chi connectivity index (χ0) is 10.1. The van der Waals surface area contributed by atoms with Gasteiger partial charge in [0.1, 0.15) is 0 Å². The highest BCUT2D eigenvalue weighted by Gasteiger charge is 2.25. The number of hydrogen-bond acceptors (Lipinski definition) is 4. The molecule has 1 aromatic rings. The number of anilines is 1. The van der Waals surface area contributed by atoms with Crippen molar-refractivity contribution in [2.24, 2.45) is 5.73 Å². The van der Waals surface area contributed by atoms with Gasteiger partial charge in [0.2, 0.25) is 0 Å². The molecule has 0 bridgehead atoms. The highest BCUT2D eigenvalue weighted by molar-refractivity contribution is 8.23. The largest absolute Gasteiger partial charge is 0.301 e. The van der Waals surface area contributed by atoms with Gasteiger partial charge in [-0.2, -0.15) is 0 Å². The van der Waals surface area contributed by atoms with Gasteiger partial charge < -0.3 is 5.73 Å². The van der Waals surface area contributed by atoms with Crippen molar-refractivity contribution in [3.8, 4) is 0 Å². The molecule has 0 amide bonds. The van der Waals surface area contributed by atoms with Crippen molar-refractivity contribution < 1.29 is 0 Å². The molecule has 2 rings (SSSR count). The normalized spacial score (nSPS) is 21.1. The first-order chi connectivity index (χ1) is 6.66. The van der Waals surface area contributed by atoms with E-state index < -0.39 is 0 Å². The van der Waals surface area contributed by atoms with Crippen LogP contribution in [0.3, 0.4) is 0 Å². The maximum absolute atomic E-state index is 5.85. The third kappa shape index (κ3) is 1.95. The third-order valence-electron chi connectivity index (χ3n) is 1.80. The van der Waals surface area contributed by atoms with Crippen molar-refractivity contribution in [3.05, 3.63) is 29.3 Å². The minimum Gasteiger partial charge on any atom is -0.301 e. The Morgan fingerprint density at radius 3 is 2.57 bits per heavy atom. The summed E-state index contributed by atoms with van der Waals surface area (Å²) in [5, 5.41) is 2.51. The Morgan fingerprint density at radius 1 is 1.43 bits per heavy atom. The highest BCUT2D eigenvalue weighted by Crippen LogP contribution is 2.25. The molecule has 1 heterocycles. The number of nitrogens with two attached hydrogens (primary N) is 1. The Labute approximate surface area is 96.6 Å². The Balaban J connectivity index is 2.23. The number of benzene rings is 1. The monoisotopic (exact) mass is 245 g/mol. The molecule has 0 spiro atoms. The van der Waals surface area contributed by atoms with E-state index in [9.17, 15) is 0 Å². The van der Waals surface area contributed by atoms with Gasteiger partial charge in [-0.1, -0.05) is 35.6 Å². The van der Waals surface area contributed by atoms with E-state index in [1.54, 1.807) is 0 Å². The van der Waals surface area contributed by atoms with Gasteiger partial charge in [-0.05, 0) is 24.3 Å². The van der Waals surface area contributed by atoms with E-state index >= 15 is 0 Å². The molecule has 1 unspecified atom stereocenters. The highest BCUT2D eigenvalue weighted by atomic mass is 35.5. The maximum atomic E-state index is 5.85. The lowest BCUT2D eigenvalue weighted by atomic mass is 10.3. The SMILES string of the molecule is NC1SC(=S)NN1c1ccc(Cl)cc1. The van der Waals surface area contributed by atoms with Gasteiger partial charge in [0.25, 0.3) is 0 Å². The molecule has 1 fully saturated rings. The number of hydrogen-bond donors (Lipinski definition) is 2. The average molecular weight is 246 g/mol. The van der Waals surface area contributed by atoms with Gasteiger partial charge in [0, 0.05) is 5.02 Å². The summed E-state index contributed by atoms with van der Waals surface area (Å²) in [6.07, 6.45) is 0. The second-order valence-electron chi connectivity index (χ2n) is 2.75. The first kappa shape index (κ1) is 10.0. The van der Waals surface area contributed by atoms with Crippen LogP contribution in [0.2, 0.25) is 5.02 Å². The lowest BCUT2D eigenvalue weighted by Crippen LogP contribution is -2.42. The van der Waals surface area contributed by atoms with Gasteiger partial charge in [-0.15, -0.1) is 0 Å². The molecule has 0 radical (unpaired) electrons. The average Bonchev–Trinajstić information content (AvgIpc) is 2.47. The molecule has 14 heavy (non-hydrogen) atoms. The fourth-order valence-electron chi connectivity index (χ4n) is 1.16. The standard InChI is InChI=1S/C8H8ClN3S2/c9-5-1-3-6(4-2-5)12-7(10)14-8(13)11-12/h1-4,7H,10H2,(H,11,13). The van der Waals surface area contributed by atoms with Gasteiger partial charge in [0.15, 0.2) is 9.82 Å². The summed E-state index contributed by atoms with van der Waals surface area (Å²) in [4.78, 5) is 0. The van der Waals surface area contributed by atoms with Crippen LogP contribution in [0.5, 0.6) is 0 Å². The Bertz CT molecular complexity index is 354. The quantitative estimate of drug-likeness (QED) is 0.740. The molecule has 1 aliphatic heterocycles. The zero-order valence-corrected chi connectivity index (χ0v) is 9.49. The fraction of sp³-hybridized carbons (Fsp3) is 0.125. The van der Waals surface area contributed by atoms with Crippen LogP contribution in [0.1, 0.15) is 0 Å². The van der Waals surface area contributed by atoms with Gasteiger partial charge in [-0.25, -0.2) is 0 Å². The molecule has 0 saturated carbocycles. The summed E-state index contributed by atoms with van der Waals surface area (Å²) in [5.74, 6) is 0. The molecule has 1 atom stereocenters. The first-order valence-electron chi connectivity index (χ1n) is 3.94. The summed E-state index contributed by atoms with van der Waals surface area (Å²) in [7, 11) is 0. The van der Waals surface area contributed by atoms with E-state index in [2.05, 4.69) is 5.43 Å². The van der Waals surface area contributed by atoms with E-state index in [1.165, 1.54) is 11.8 Å². The van der Waals surface area contributed by atoms with Crippen molar-refractivity contribution in [3.63, 3.8) is 0 Å². The predicted molar refractivity (Wildman–Crippen MR) is 65.2 cm³/mol. The molecule has 6 heteroatoms. The first-order valence-corrected chi connectivity index (χ1v) is 5.61. The lowest BCUT2D eigenvalue weighted by molar-refractivity contribution is 0.767. The Hall–Kier alpha value is -0.490. The number of nitrogens with one attached hydrogen (secondary N) is 1. The fourth-order valence-corrected chi connectivity index (χ4v) is 2.33. The molecule has 0 aromatic heterocycles. The second kappa shape index (κ2) is 3.94. The number of hydrazine groups is 1. The number of thioether (sulfide) groups is 1. The molecule has 3 N–H and O–H groups in total. The van der Waals surface area contributed by atoms with Crippen LogP contribution in [-0.2, 0) is 0 Å². The Morgan fingerprint density at radius 2 is 2.07 bits per heavy atom. The number of thiocarbonyl (C=S) groups is 1. The summed E-state index contributed by atoms with van der Waals surface area (Å²) < 4.78 is 0.687. The van der Waals surface area contributed by atoms with Crippen molar-refractivity contribution in [1.82, 2.24) is 5.43 Å². The third-order valence-corrected chi connectivity index (χ3v) is 3.19. The molecule has 3 nitrogen and oxygen atoms in total. The molecule has 1 saturated heterocycles. The lowest BCUT2D eigenvalue weighted by Gasteiger charge is -2.21. The van der Waals surface area contributed by atoms with Gasteiger partial charge in [0.05, 0.1) is 5.69 Å². The molecule has 1 aromatic carbocycles. The van der Waals surface area contributed by atoms with E-state index in [1.807, 2.05) is 29.3 Å². The smallest absolute Gasteiger partial charge is 0.155 e. The summed E-state index contributed by atoms with van der Waals surface area (Å²) >= 11 is 12.2. The van der Waals surface area contributed by atoms with Crippen molar-refractivity contribution in [1.29, 1.82) is 0 Å². The maximum Gasteiger partial charge on any atom is 0.155 e. The predicted octanol–water partition coefficient (Wildman–Crippen LogP) is 1.93. The van der Waals surface area contributed by atoms with E-state index in [-0.39, 0.29) is 5.50 Å². The molecule has 74 valence electrons. The summed E-state index contributed by atoms with van der Waals surface area (Å²) in [6, 6.07) is 7.42. The van der Waals surface area contributed by atoms with E-state index in [0.717, 1.165) is 5.69 Å². The summed E-state index contributed by atoms with van der Waals surface area (Å²) in [5.41, 5.74) is 9.62. The number of rotatable bonds is 1. The van der Waals surface area contributed by atoms with E-state index in [0.29, 0.717) is 9.34 Å². The van der Waals surface area contributed by atoms with Crippen LogP contribution in [0.15, 0.2) is 24.3 Å². The van der Waals surface area contributed by atoms with Crippen LogP contribution in [0.25, 0.3) is 0 Å². The Kier molecular flexibility index (Phi) is 2.83. The minimum absolute atomic E-state index is 0.177. The zero-order valence-electron chi connectivity index (χ0n) is 7.11. The van der Waals surface area contributed by atoms with Crippen LogP contribution in [-0.4, -0.2) is 9.82 Å². The minimum atomic E-state index is -0.177. The van der Waals surface area contributed by atoms with Crippen LogP contribution < -0.4 is 16.2 Å². The van der Waals surface area contributed by atoms with Crippen LogP contribution in [0.4, 0.5) is 5.69 Å². The summed E-state index contributed by atoms with van der Waals surface area (Å²) in [6.45, 7) is 0. The molecule has 0 aliphatic carbocycles. The van der Waals surface area contributed by atoms with Gasteiger partial charge in [-0.3, -0.25) is 10.4 Å². The van der Waals surface area contributed by atoms with Crippen LogP contribution >= 0.6 is 35.6 Å². The van der Waals surface area contributed by atoms with Crippen molar-refractivity contribution >= 4 is 45.6 Å². The van der Waals surface area contributed by atoms with Crippen molar-refractivity contribution in [2.75, 3.05) is 5.01 Å². The molecular weight excluding hydrogens is 238 g/mol. The van der Waals surface area contributed by atoms with Gasteiger partial charge >= 0.3 is 0 Å². The number of halogens is 1. The second-order valence-corrected chi connectivity index (χ2v) is 4.98. The van der Waals surface area contributed by atoms with Crippen molar-refractivity contribution in [2.45, 2.75) is 5.50 Å².